The van der Waals surface area contributed by atoms with E-state index in [0.29, 0.717) is 30.2 Å². The topological polar surface area (TPSA) is 59.6 Å². The van der Waals surface area contributed by atoms with Gasteiger partial charge in [0.2, 0.25) is 0 Å². The van der Waals surface area contributed by atoms with Gasteiger partial charge in [0.15, 0.2) is 11.5 Å². The molecule has 1 aromatic rings. The van der Waals surface area contributed by atoms with E-state index in [1.165, 1.54) is 0 Å². The molecule has 0 aliphatic heterocycles. The number of methoxy groups -OCH3 is 1. The van der Waals surface area contributed by atoms with E-state index in [9.17, 15) is 4.79 Å². The van der Waals surface area contributed by atoms with E-state index in [1.54, 1.807) is 31.4 Å². The molecule has 5 nitrogen and oxygen atoms in total. The molecule has 0 aliphatic carbocycles. The minimum atomic E-state index is -0.128. The molecule has 20 heavy (non-hydrogen) atoms. The van der Waals surface area contributed by atoms with Crippen molar-refractivity contribution in [2.45, 2.75) is 6.92 Å². The Labute approximate surface area is 120 Å². The molecule has 0 aliphatic rings. The fourth-order valence-corrected chi connectivity index (χ4v) is 1.62. The number of amides is 1. The van der Waals surface area contributed by atoms with Gasteiger partial charge in [0.05, 0.1) is 7.11 Å². The largest absolute Gasteiger partial charge is 0.493 e. The summed E-state index contributed by atoms with van der Waals surface area (Å²) in [6.07, 6.45) is 1.65. The van der Waals surface area contributed by atoms with Gasteiger partial charge in [-0.3, -0.25) is 4.79 Å². The SMILES string of the molecule is C=CCOc1ccc(C(=O)NCCNCC)cc1OC. The molecule has 110 valence electrons. The highest BCUT2D eigenvalue weighted by molar-refractivity contribution is 5.94. The maximum atomic E-state index is 11.9. The summed E-state index contributed by atoms with van der Waals surface area (Å²) in [5.41, 5.74) is 0.546. The zero-order valence-electron chi connectivity index (χ0n) is 12.1. The van der Waals surface area contributed by atoms with E-state index in [-0.39, 0.29) is 5.91 Å². The van der Waals surface area contributed by atoms with Crippen LogP contribution in [0.4, 0.5) is 0 Å². The monoisotopic (exact) mass is 278 g/mol. The van der Waals surface area contributed by atoms with Crippen molar-refractivity contribution in [2.75, 3.05) is 33.4 Å². The standard InChI is InChI=1S/C15H22N2O3/c1-4-10-20-13-7-6-12(11-14(13)19-3)15(18)17-9-8-16-5-2/h4,6-7,11,16H,1,5,8-10H2,2-3H3,(H,17,18). The van der Waals surface area contributed by atoms with Crippen LogP contribution in [0.2, 0.25) is 0 Å². The maximum Gasteiger partial charge on any atom is 0.251 e. The average molecular weight is 278 g/mol. The number of hydrogen-bond donors (Lipinski definition) is 2. The van der Waals surface area contributed by atoms with Crippen molar-refractivity contribution in [1.82, 2.24) is 10.6 Å². The van der Waals surface area contributed by atoms with Crippen molar-refractivity contribution < 1.29 is 14.3 Å². The first-order chi connectivity index (χ1) is 9.72. The molecule has 0 fully saturated rings. The number of carbonyl (C=O) groups excluding carboxylic acids is 1. The smallest absolute Gasteiger partial charge is 0.251 e. The van der Waals surface area contributed by atoms with Gasteiger partial charge in [-0.2, -0.15) is 0 Å². The predicted octanol–water partition coefficient (Wildman–Crippen LogP) is 1.60. The second-order valence-corrected chi connectivity index (χ2v) is 4.07. The van der Waals surface area contributed by atoms with Crippen molar-refractivity contribution in [1.29, 1.82) is 0 Å². The summed E-state index contributed by atoms with van der Waals surface area (Å²) in [5.74, 6) is 0.999. The maximum absolute atomic E-state index is 11.9. The Hall–Kier alpha value is -2.01. The van der Waals surface area contributed by atoms with Gasteiger partial charge in [-0.15, -0.1) is 0 Å². The normalized spacial score (nSPS) is 9.90. The lowest BCUT2D eigenvalue weighted by atomic mass is 10.2. The van der Waals surface area contributed by atoms with E-state index in [0.717, 1.165) is 13.1 Å². The van der Waals surface area contributed by atoms with Gasteiger partial charge in [0.25, 0.3) is 5.91 Å². The summed E-state index contributed by atoms with van der Waals surface area (Å²) < 4.78 is 10.7. The predicted molar refractivity (Wildman–Crippen MR) is 79.6 cm³/mol. The number of benzene rings is 1. The van der Waals surface area contributed by atoms with Gasteiger partial charge in [0, 0.05) is 18.7 Å². The lowest BCUT2D eigenvalue weighted by Crippen LogP contribution is -2.31. The third-order valence-corrected chi connectivity index (χ3v) is 2.62. The molecule has 0 spiro atoms. The molecule has 0 unspecified atom stereocenters. The molecular formula is C15H22N2O3. The van der Waals surface area contributed by atoms with E-state index < -0.39 is 0 Å². The quantitative estimate of drug-likeness (QED) is 0.532. The number of likely N-dealkylation sites (N-methyl/N-ethyl adjacent to an activating group) is 1. The van der Waals surface area contributed by atoms with Gasteiger partial charge >= 0.3 is 0 Å². The molecule has 1 aromatic carbocycles. The van der Waals surface area contributed by atoms with Gasteiger partial charge in [0.1, 0.15) is 6.61 Å². The minimum absolute atomic E-state index is 0.128. The highest BCUT2D eigenvalue weighted by Crippen LogP contribution is 2.27. The van der Waals surface area contributed by atoms with E-state index >= 15 is 0 Å². The van der Waals surface area contributed by atoms with Gasteiger partial charge in [-0.1, -0.05) is 19.6 Å². The summed E-state index contributed by atoms with van der Waals surface area (Å²) in [4.78, 5) is 11.9. The van der Waals surface area contributed by atoms with Crippen LogP contribution >= 0.6 is 0 Å². The summed E-state index contributed by atoms with van der Waals surface area (Å²) in [6, 6.07) is 5.10. The molecule has 1 amide bonds. The third kappa shape index (κ3) is 4.93. The Morgan fingerprint density at radius 2 is 2.15 bits per heavy atom. The highest BCUT2D eigenvalue weighted by Gasteiger charge is 2.10. The lowest BCUT2D eigenvalue weighted by molar-refractivity contribution is 0.0953. The van der Waals surface area contributed by atoms with Gasteiger partial charge in [-0.25, -0.2) is 0 Å². The van der Waals surface area contributed by atoms with Crippen molar-refractivity contribution in [3.63, 3.8) is 0 Å². The Morgan fingerprint density at radius 1 is 1.35 bits per heavy atom. The number of ether oxygens (including phenoxy) is 2. The first-order valence-corrected chi connectivity index (χ1v) is 6.63. The number of carbonyl (C=O) groups is 1. The first kappa shape index (κ1) is 16.0. The molecule has 0 saturated heterocycles. The summed E-state index contributed by atoms with van der Waals surface area (Å²) >= 11 is 0. The van der Waals surface area contributed by atoms with Crippen LogP contribution in [0.25, 0.3) is 0 Å². The van der Waals surface area contributed by atoms with Crippen LogP contribution in [0.15, 0.2) is 30.9 Å². The highest BCUT2D eigenvalue weighted by atomic mass is 16.5. The summed E-state index contributed by atoms with van der Waals surface area (Å²) in [5, 5.41) is 5.97. The van der Waals surface area contributed by atoms with Crippen LogP contribution in [0, 0.1) is 0 Å². The van der Waals surface area contributed by atoms with Gasteiger partial charge in [-0.05, 0) is 24.7 Å². The molecule has 0 radical (unpaired) electrons. The van der Waals surface area contributed by atoms with Crippen LogP contribution in [0.1, 0.15) is 17.3 Å². The van der Waals surface area contributed by atoms with E-state index in [1.807, 2.05) is 6.92 Å². The summed E-state index contributed by atoms with van der Waals surface area (Å²) in [6.45, 7) is 8.23. The van der Waals surface area contributed by atoms with Crippen LogP contribution < -0.4 is 20.1 Å². The minimum Gasteiger partial charge on any atom is -0.493 e. The van der Waals surface area contributed by atoms with E-state index in [4.69, 9.17) is 9.47 Å². The molecular weight excluding hydrogens is 256 g/mol. The number of nitrogens with one attached hydrogen (secondary N) is 2. The Morgan fingerprint density at radius 3 is 2.80 bits per heavy atom. The molecule has 5 heteroatoms. The fraction of sp³-hybridized carbons (Fsp3) is 0.400. The van der Waals surface area contributed by atoms with Gasteiger partial charge < -0.3 is 20.1 Å². The molecule has 2 N–H and O–H groups in total. The molecule has 0 bridgehead atoms. The molecule has 0 atom stereocenters. The zero-order valence-corrected chi connectivity index (χ0v) is 12.1. The van der Waals surface area contributed by atoms with E-state index in [2.05, 4.69) is 17.2 Å². The number of rotatable bonds is 9. The van der Waals surface area contributed by atoms with Crippen LogP contribution in [0.5, 0.6) is 11.5 Å². The second kappa shape index (κ2) is 8.98. The lowest BCUT2D eigenvalue weighted by Gasteiger charge is -2.11. The Bertz CT molecular complexity index is 447. The molecule has 0 aromatic heterocycles. The molecule has 0 heterocycles. The summed E-state index contributed by atoms with van der Waals surface area (Å²) in [7, 11) is 1.54. The van der Waals surface area contributed by atoms with Crippen LogP contribution in [0.3, 0.4) is 0 Å². The van der Waals surface area contributed by atoms with Crippen molar-refractivity contribution >= 4 is 5.91 Å². The molecule has 0 saturated carbocycles. The van der Waals surface area contributed by atoms with Crippen LogP contribution in [-0.2, 0) is 0 Å². The van der Waals surface area contributed by atoms with Crippen LogP contribution in [-0.4, -0.2) is 39.3 Å². The fourth-order valence-electron chi connectivity index (χ4n) is 1.62. The Kier molecular flexibility index (Phi) is 7.21. The molecule has 1 rings (SSSR count). The second-order valence-electron chi connectivity index (χ2n) is 4.07. The Balaban J connectivity index is 2.66. The van der Waals surface area contributed by atoms with Crippen molar-refractivity contribution in [3.05, 3.63) is 36.4 Å². The average Bonchev–Trinajstić information content (AvgIpc) is 2.49. The van der Waals surface area contributed by atoms with Crippen molar-refractivity contribution in [2.24, 2.45) is 0 Å². The number of hydrogen-bond acceptors (Lipinski definition) is 4. The zero-order chi connectivity index (χ0) is 14.8. The van der Waals surface area contributed by atoms with Crippen molar-refractivity contribution in [3.8, 4) is 11.5 Å². The third-order valence-electron chi connectivity index (χ3n) is 2.62. The first-order valence-electron chi connectivity index (χ1n) is 6.63.